The first kappa shape index (κ1) is 49.2. The maximum absolute atomic E-state index is 13.7. The number of aromatic nitrogens is 2. The lowest BCUT2D eigenvalue weighted by Crippen LogP contribution is -2.44. The number of sulfonamides is 1. The van der Waals surface area contributed by atoms with Crippen LogP contribution in [0.2, 0.25) is 5.02 Å². The number of halogens is 1. The van der Waals surface area contributed by atoms with Gasteiger partial charge < -0.3 is 30.1 Å². The summed E-state index contributed by atoms with van der Waals surface area (Å²) in [5.74, 6) is -3.45. The Hall–Kier alpha value is -6.22. The largest absolute Gasteiger partial charge is 0.479 e. The van der Waals surface area contributed by atoms with Crippen molar-refractivity contribution >= 4 is 90.7 Å². The van der Waals surface area contributed by atoms with E-state index in [-0.39, 0.29) is 63.7 Å². The number of thiophene rings is 1. The molecule has 18 nitrogen and oxygen atoms in total. The molecule has 2 aromatic heterocycles. The maximum atomic E-state index is 13.7. The van der Waals surface area contributed by atoms with Gasteiger partial charge in [0.15, 0.2) is 17.2 Å². The molecule has 5 aromatic rings. The van der Waals surface area contributed by atoms with Crippen LogP contribution >= 0.6 is 22.9 Å². The summed E-state index contributed by atoms with van der Waals surface area (Å²) in [4.78, 5) is 78.2. The Bertz CT molecular complexity index is 3000. The van der Waals surface area contributed by atoms with Crippen LogP contribution in [-0.2, 0) is 46.7 Å². The lowest BCUT2D eigenvalue weighted by molar-refractivity contribution is -0.139. The Morgan fingerprint density at radius 3 is 2.30 bits per heavy atom. The minimum Gasteiger partial charge on any atom is -0.479 e. The molecule has 3 aromatic carbocycles. The molecule has 3 fully saturated rings. The standard InChI is InChI=1S/C48H54ClN7O11S2/c1-48(2,3)67-46(62)43-41(66-26-39(58)59)40(49)42(68-43)30-8-6-10-33(24-30)50-31-17-21-55(22-18-31)69(64,65)27-28-7-5-9-32(23-28)51-44(60)29-15-19-54(20-16-29)34-11-12-35-37(25-34)53(4)47(63)56(35)36-13-14-38(57)52-45(36)61/h5-12,23-25,29,31,36,50H,13-22,26-27H2,1-4H3,(H,51,60)(H,58,59)(H,52,57,61). The van der Waals surface area contributed by atoms with Gasteiger partial charge in [-0.15, -0.1) is 11.3 Å². The van der Waals surface area contributed by atoms with Crippen molar-refractivity contribution in [2.24, 2.45) is 13.0 Å². The van der Waals surface area contributed by atoms with Gasteiger partial charge in [0.05, 0.1) is 21.7 Å². The Morgan fingerprint density at radius 2 is 1.61 bits per heavy atom. The number of nitrogens with zero attached hydrogens (tertiary/aromatic N) is 4. The van der Waals surface area contributed by atoms with E-state index in [9.17, 15) is 42.3 Å². The smallest absolute Gasteiger partial charge is 0.352 e. The van der Waals surface area contributed by atoms with Gasteiger partial charge in [0.2, 0.25) is 27.7 Å². The highest BCUT2D eigenvalue weighted by atomic mass is 35.5. The van der Waals surface area contributed by atoms with E-state index in [1.807, 2.05) is 42.5 Å². The van der Waals surface area contributed by atoms with Crippen LogP contribution < -0.4 is 31.3 Å². The first-order valence-corrected chi connectivity index (χ1v) is 25.5. The Morgan fingerprint density at radius 1 is 0.899 bits per heavy atom. The zero-order valence-electron chi connectivity index (χ0n) is 38.6. The summed E-state index contributed by atoms with van der Waals surface area (Å²) < 4.78 is 42.9. The zero-order chi connectivity index (χ0) is 49.4. The maximum Gasteiger partial charge on any atom is 0.352 e. The first-order valence-electron chi connectivity index (χ1n) is 22.7. The minimum atomic E-state index is -3.70. The van der Waals surface area contributed by atoms with Crippen LogP contribution in [0.15, 0.2) is 71.5 Å². The van der Waals surface area contributed by atoms with Crippen molar-refractivity contribution in [3.8, 4) is 16.2 Å². The van der Waals surface area contributed by atoms with Gasteiger partial charge in [0.25, 0.3) is 0 Å². The van der Waals surface area contributed by atoms with Crippen molar-refractivity contribution < 1.29 is 47.0 Å². The summed E-state index contributed by atoms with van der Waals surface area (Å²) in [6.45, 7) is 6.26. The number of aryl methyl sites for hydroxylation is 1. The molecule has 0 saturated carbocycles. The van der Waals surface area contributed by atoms with Crippen LogP contribution in [0.1, 0.15) is 80.6 Å². The molecule has 0 bridgehead atoms. The lowest BCUT2D eigenvalue weighted by Gasteiger charge is -2.33. The number of carbonyl (C=O) groups is 5. The summed E-state index contributed by atoms with van der Waals surface area (Å²) >= 11 is 7.75. The summed E-state index contributed by atoms with van der Waals surface area (Å²) in [5, 5.41) is 18.2. The second kappa shape index (κ2) is 20.0. The van der Waals surface area contributed by atoms with E-state index in [4.69, 9.17) is 21.1 Å². The van der Waals surface area contributed by atoms with Crippen LogP contribution in [0.4, 0.5) is 17.1 Å². The van der Waals surface area contributed by atoms with Crippen molar-refractivity contribution in [3.05, 3.63) is 92.7 Å². The topological polar surface area (TPSA) is 228 Å². The Labute approximate surface area is 407 Å². The lowest BCUT2D eigenvalue weighted by atomic mass is 9.95. The Balaban J connectivity index is 0.835. The fraction of sp³-hybridized carbons (Fsp3) is 0.417. The van der Waals surface area contributed by atoms with Crippen molar-refractivity contribution in [1.82, 2.24) is 18.8 Å². The Kier molecular flexibility index (Phi) is 14.3. The quantitative estimate of drug-likeness (QED) is 0.0701. The molecule has 3 aliphatic heterocycles. The summed E-state index contributed by atoms with van der Waals surface area (Å²) in [6, 6.07) is 19.1. The number of hydrogen-bond acceptors (Lipinski definition) is 13. The van der Waals surface area contributed by atoms with Crippen LogP contribution in [-0.4, -0.2) is 101 Å². The molecule has 1 unspecified atom stereocenters. The number of carbonyl (C=O) groups excluding carboxylic acids is 4. The van der Waals surface area contributed by atoms with Gasteiger partial charge in [-0.25, -0.2) is 27.1 Å². The number of nitrogens with one attached hydrogen (secondary N) is 3. The number of esters is 1. The van der Waals surface area contributed by atoms with Crippen LogP contribution in [0, 0.1) is 5.92 Å². The van der Waals surface area contributed by atoms with Gasteiger partial charge in [-0.05, 0) is 106 Å². The molecular weight excluding hydrogens is 950 g/mol. The molecule has 366 valence electrons. The number of imide groups is 1. The number of piperidine rings is 3. The fourth-order valence-corrected chi connectivity index (χ4v) is 12.0. The van der Waals surface area contributed by atoms with Crippen LogP contribution in [0.3, 0.4) is 0 Å². The van der Waals surface area contributed by atoms with E-state index >= 15 is 0 Å². The summed E-state index contributed by atoms with van der Waals surface area (Å²) in [6.07, 6.45) is 2.65. The molecule has 3 aliphatic rings. The highest BCUT2D eigenvalue weighted by Gasteiger charge is 2.34. The molecule has 8 rings (SSSR count). The number of rotatable bonds is 14. The van der Waals surface area contributed by atoms with Gasteiger partial charge in [0, 0.05) is 68.7 Å². The van der Waals surface area contributed by atoms with E-state index in [1.54, 1.807) is 52.1 Å². The number of hydrogen-bond donors (Lipinski definition) is 4. The van der Waals surface area contributed by atoms with E-state index in [0.717, 1.165) is 22.7 Å². The van der Waals surface area contributed by atoms with Crippen LogP contribution in [0.25, 0.3) is 21.5 Å². The molecule has 1 atom stereocenters. The highest BCUT2D eigenvalue weighted by Crippen LogP contribution is 2.46. The molecule has 3 saturated heterocycles. The SMILES string of the molecule is Cn1c(=O)n(C2CCC(=O)NC2=O)c2ccc(N3CCC(C(=O)Nc4cccc(CS(=O)(=O)N5CCC(Nc6cccc(-c7sc(C(=O)OC(C)(C)C)c(OCC(=O)O)c7Cl)c6)CC5)c4)CC3)cc21. The number of anilines is 3. The third kappa shape index (κ3) is 11.1. The van der Waals surface area contributed by atoms with Gasteiger partial charge in [-0.2, -0.15) is 0 Å². The van der Waals surface area contributed by atoms with Crippen molar-refractivity contribution in [2.75, 3.05) is 48.3 Å². The average Bonchev–Trinajstić information content (AvgIpc) is 3.76. The minimum absolute atomic E-state index is 0.0405. The predicted octanol–water partition coefficient (Wildman–Crippen LogP) is 6.38. The van der Waals surface area contributed by atoms with E-state index in [2.05, 4.69) is 20.9 Å². The number of aliphatic carboxylic acids is 1. The van der Waals surface area contributed by atoms with E-state index < -0.39 is 46.1 Å². The first-order chi connectivity index (χ1) is 32.7. The molecule has 3 amide bonds. The third-order valence-corrected chi connectivity index (χ3v) is 16.0. The molecule has 5 heterocycles. The van der Waals surface area contributed by atoms with E-state index in [0.29, 0.717) is 84.6 Å². The molecule has 21 heteroatoms. The predicted molar refractivity (Wildman–Crippen MR) is 263 cm³/mol. The average molecular weight is 1000 g/mol. The third-order valence-electron chi connectivity index (χ3n) is 12.4. The molecule has 0 spiro atoms. The molecule has 0 aliphatic carbocycles. The van der Waals surface area contributed by atoms with Crippen molar-refractivity contribution in [3.63, 3.8) is 0 Å². The van der Waals surface area contributed by atoms with Gasteiger partial charge >= 0.3 is 17.6 Å². The zero-order valence-corrected chi connectivity index (χ0v) is 41.0. The number of ether oxygens (including phenoxy) is 2. The monoisotopic (exact) mass is 1000 g/mol. The van der Waals surface area contributed by atoms with Gasteiger partial charge in [0.1, 0.15) is 16.7 Å². The highest BCUT2D eigenvalue weighted by molar-refractivity contribution is 7.88. The number of amides is 3. The molecular formula is C48H54ClN7O11S2. The van der Waals surface area contributed by atoms with Gasteiger partial charge in [-0.1, -0.05) is 35.9 Å². The second-order valence-corrected chi connectivity index (χ2v) is 21.9. The molecule has 0 radical (unpaired) electrons. The number of fused-ring (bicyclic) bond motifs is 1. The fourth-order valence-electron chi connectivity index (χ4n) is 9.03. The normalized spacial score (nSPS) is 17.7. The molecule has 69 heavy (non-hydrogen) atoms. The van der Waals surface area contributed by atoms with Crippen molar-refractivity contribution in [2.45, 2.75) is 82.7 Å². The molecule has 4 N–H and O–H groups in total. The second-order valence-electron chi connectivity index (χ2n) is 18.5. The van der Waals surface area contributed by atoms with Crippen LogP contribution in [0.5, 0.6) is 5.75 Å². The van der Waals surface area contributed by atoms with Crippen molar-refractivity contribution in [1.29, 1.82) is 0 Å². The van der Waals surface area contributed by atoms with Gasteiger partial charge in [-0.3, -0.25) is 28.8 Å². The number of carboxylic acids is 1. The number of imidazole rings is 1. The number of carboxylic acid groups (broad SMARTS) is 1. The van der Waals surface area contributed by atoms with E-state index in [1.165, 1.54) is 13.4 Å². The summed E-state index contributed by atoms with van der Waals surface area (Å²) in [5.41, 5.74) is 3.48. The summed E-state index contributed by atoms with van der Waals surface area (Å²) in [7, 11) is -2.04. The number of benzene rings is 3.